The van der Waals surface area contributed by atoms with E-state index in [0.717, 1.165) is 17.9 Å². The van der Waals surface area contributed by atoms with E-state index >= 15 is 0 Å². The molecule has 17 heavy (non-hydrogen) atoms. The van der Waals surface area contributed by atoms with E-state index in [1.807, 2.05) is 13.0 Å². The summed E-state index contributed by atoms with van der Waals surface area (Å²) in [5, 5.41) is 0. The molecule has 0 fully saturated rings. The van der Waals surface area contributed by atoms with Crippen molar-refractivity contribution < 1.29 is 4.42 Å². The molecule has 1 unspecified atom stereocenters. The van der Waals surface area contributed by atoms with E-state index in [4.69, 9.17) is 4.42 Å². The number of allylic oxidation sites excluding steroid dienone is 1. The van der Waals surface area contributed by atoms with Crippen molar-refractivity contribution in [2.75, 3.05) is 0 Å². The fourth-order valence-electron chi connectivity index (χ4n) is 2.58. The molecule has 0 bridgehead atoms. The smallest absolute Gasteiger partial charge is 0.115 e. The zero-order valence-electron chi connectivity index (χ0n) is 10.2. The van der Waals surface area contributed by atoms with Gasteiger partial charge in [0.25, 0.3) is 0 Å². The maximum absolute atomic E-state index is 5.75. The Morgan fingerprint density at radius 2 is 2.06 bits per heavy atom. The molecule has 0 saturated heterocycles. The van der Waals surface area contributed by atoms with E-state index < -0.39 is 0 Å². The van der Waals surface area contributed by atoms with Gasteiger partial charge in [-0.3, -0.25) is 0 Å². The highest BCUT2D eigenvalue weighted by Gasteiger charge is 2.22. The Balaban J connectivity index is 2.08. The molecule has 1 aromatic heterocycles. The van der Waals surface area contributed by atoms with Crippen LogP contribution in [0.1, 0.15) is 41.1 Å². The molecule has 0 spiro atoms. The molecule has 0 radical (unpaired) electrons. The van der Waals surface area contributed by atoms with E-state index in [0.29, 0.717) is 5.92 Å². The van der Waals surface area contributed by atoms with Crippen molar-refractivity contribution >= 4 is 6.08 Å². The molecule has 1 heterocycles. The first-order valence-electron chi connectivity index (χ1n) is 6.16. The number of aryl methyl sites for hydroxylation is 2. The van der Waals surface area contributed by atoms with Gasteiger partial charge < -0.3 is 4.42 Å². The van der Waals surface area contributed by atoms with Crippen LogP contribution in [-0.4, -0.2) is 0 Å². The molecule has 0 N–H and O–H groups in total. The molecular weight excluding hydrogens is 208 g/mol. The molecule has 1 nitrogen and oxygen atoms in total. The molecular formula is C16H16O. The van der Waals surface area contributed by atoms with Crippen LogP contribution in [0.3, 0.4) is 0 Å². The first-order chi connectivity index (χ1) is 8.29. The second-order valence-corrected chi connectivity index (χ2v) is 4.56. The lowest BCUT2D eigenvalue weighted by Gasteiger charge is -2.10. The third-order valence-electron chi connectivity index (χ3n) is 3.47. The number of rotatable bonds is 2. The number of benzene rings is 1. The molecule has 1 aliphatic carbocycles. The Hall–Kier alpha value is -1.76. The quantitative estimate of drug-likeness (QED) is 0.741. The van der Waals surface area contributed by atoms with Gasteiger partial charge in [-0.05, 0) is 42.2 Å². The van der Waals surface area contributed by atoms with Gasteiger partial charge in [-0.1, -0.05) is 37.3 Å². The fourth-order valence-corrected chi connectivity index (χ4v) is 2.58. The van der Waals surface area contributed by atoms with Crippen LogP contribution >= 0.6 is 0 Å². The Kier molecular flexibility index (Phi) is 2.40. The van der Waals surface area contributed by atoms with E-state index in [1.54, 1.807) is 0 Å². The minimum Gasteiger partial charge on any atom is -0.465 e. The van der Waals surface area contributed by atoms with Gasteiger partial charge in [0, 0.05) is 0 Å². The van der Waals surface area contributed by atoms with Crippen LogP contribution in [-0.2, 0) is 6.42 Å². The Morgan fingerprint density at radius 3 is 2.76 bits per heavy atom. The van der Waals surface area contributed by atoms with Crippen LogP contribution in [0.5, 0.6) is 0 Å². The van der Waals surface area contributed by atoms with Crippen LogP contribution < -0.4 is 0 Å². The molecule has 3 rings (SSSR count). The van der Waals surface area contributed by atoms with Crippen LogP contribution in [0.2, 0.25) is 0 Å². The van der Waals surface area contributed by atoms with Gasteiger partial charge in [-0.15, -0.1) is 0 Å². The average molecular weight is 224 g/mol. The van der Waals surface area contributed by atoms with Gasteiger partial charge >= 0.3 is 0 Å². The summed E-state index contributed by atoms with van der Waals surface area (Å²) in [5.41, 5.74) is 4.18. The molecule has 1 heteroatoms. The summed E-state index contributed by atoms with van der Waals surface area (Å²) in [7, 11) is 0. The fraction of sp³-hybridized carbons (Fsp3) is 0.250. The second-order valence-electron chi connectivity index (χ2n) is 4.56. The van der Waals surface area contributed by atoms with Crippen molar-refractivity contribution in [2.24, 2.45) is 0 Å². The predicted molar refractivity (Wildman–Crippen MR) is 70.1 cm³/mol. The molecule has 1 atom stereocenters. The zero-order chi connectivity index (χ0) is 11.8. The van der Waals surface area contributed by atoms with Crippen LogP contribution in [0.4, 0.5) is 0 Å². The maximum atomic E-state index is 5.75. The molecule has 1 aliphatic rings. The van der Waals surface area contributed by atoms with Crippen LogP contribution in [0.15, 0.2) is 40.8 Å². The Labute approximate surface area is 102 Å². The van der Waals surface area contributed by atoms with Crippen molar-refractivity contribution in [3.05, 3.63) is 64.6 Å². The van der Waals surface area contributed by atoms with E-state index in [-0.39, 0.29) is 0 Å². The van der Waals surface area contributed by atoms with Gasteiger partial charge in [-0.2, -0.15) is 0 Å². The predicted octanol–water partition coefficient (Wildman–Crippen LogP) is 4.31. The molecule has 0 saturated carbocycles. The third kappa shape index (κ3) is 1.62. The first kappa shape index (κ1) is 10.4. The number of fused-ring (bicyclic) bond motifs is 1. The lowest BCUT2D eigenvalue weighted by atomic mass is 9.95. The second kappa shape index (κ2) is 3.92. The number of furan rings is 1. The van der Waals surface area contributed by atoms with Gasteiger partial charge in [0.15, 0.2) is 0 Å². The van der Waals surface area contributed by atoms with Gasteiger partial charge in [0.05, 0.1) is 5.92 Å². The third-order valence-corrected chi connectivity index (χ3v) is 3.47. The van der Waals surface area contributed by atoms with Crippen molar-refractivity contribution in [3.63, 3.8) is 0 Å². The molecule has 86 valence electrons. The SMILES string of the molecule is CCc1cccc2c1C=CC2c1ccc(C)o1. The normalized spacial score (nSPS) is 17.4. The van der Waals surface area contributed by atoms with Gasteiger partial charge in [0.1, 0.15) is 11.5 Å². The zero-order valence-corrected chi connectivity index (χ0v) is 10.2. The lowest BCUT2D eigenvalue weighted by Crippen LogP contribution is -1.96. The van der Waals surface area contributed by atoms with Crippen LogP contribution in [0.25, 0.3) is 6.08 Å². The molecule has 1 aromatic carbocycles. The van der Waals surface area contributed by atoms with Crippen LogP contribution in [0, 0.1) is 6.92 Å². The highest BCUT2D eigenvalue weighted by Crippen LogP contribution is 2.37. The molecule has 0 amide bonds. The number of hydrogen-bond acceptors (Lipinski definition) is 1. The van der Waals surface area contributed by atoms with Gasteiger partial charge in [0.2, 0.25) is 0 Å². The topological polar surface area (TPSA) is 13.1 Å². The summed E-state index contributed by atoms with van der Waals surface area (Å²) in [6.07, 6.45) is 5.55. The van der Waals surface area contributed by atoms with E-state index in [2.05, 4.69) is 43.3 Å². The largest absolute Gasteiger partial charge is 0.465 e. The molecule has 0 aliphatic heterocycles. The Bertz CT molecular complexity index is 575. The average Bonchev–Trinajstić information content (AvgIpc) is 2.94. The summed E-state index contributed by atoms with van der Waals surface area (Å²) in [5.74, 6) is 2.32. The van der Waals surface area contributed by atoms with Gasteiger partial charge in [-0.25, -0.2) is 0 Å². The van der Waals surface area contributed by atoms with E-state index in [1.165, 1.54) is 16.7 Å². The minimum absolute atomic E-state index is 0.296. The highest BCUT2D eigenvalue weighted by atomic mass is 16.3. The van der Waals surface area contributed by atoms with Crippen molar-refractivity contribution in [1.82, 2.24) is 0 Å². The highest BCUT2D eigenvalue weighted by molar-refractivity contribution is 5.67. The summed E-state index contributed by atoms with van der Waals surface area (Å²) < 4.78 is 5.75. The monoisotopic (exact) mass is 224 g/mol. The lowest BCUT2D eigenvalue weighted by molar-refractivity contribution is 0.481. The maximum Gasteiger partial charge on any atom is 0.115 e. The van der Waals surface area contributed by atoms with Crippen molar-refractivity contribution in [3.8, 4) is 0 Å². The van der Waals surface area contributed by atoms with E-state index in [9.17, 15) is 0 Å². The summed E-state index contributed by atoms with van der Waals surface area (Å²) in [6.45, 7) is 4.19. The number of hydrogen-bond donors (Lipinski definition) is 0. The van der Waals surface area contributed by atoms with Crippen molar-refractivity contribution in [2.45, 2.75) is 26.2 Å². The first-order valence-corrected chi connectivity index (χ1v) is 6.16. The summed E-state index contributed by atoms with van der Waals surface area (Å²) in [4.78, 5) is 0. The Morgan fingerprint density at radius 1 is 1.18 bits per heavy atom. The molecule has 2 aromatic rings. The standard InChI is InChI=1S/C16H16O/c1-3-12-5-4-6-14-13(12)8-9-15(14)16-10-7-11(2)17-16/h4-10,15H,3H2,1-2H3. The summed E-state index contributed by atoms with van der Waals surface area (Å²) in [6, 6.07) is 10.7. The minimum atomic E-state index is 0.296. The van der Waals surface area contributed by atoms with Crippen molar-refractivity contribution in [1.29, 1.82) is 0 Å². The summed E-state index contributed by atoms with van der Waals surface area (Å²) >= 11 is 0.